The number of halogens is 1. The Morgan fingerprint density at radius 2 is 2.12 bits per heavy atom. The molecule has 0 aliphatic rings. The molecule has 1 rings (SSSR count). The van der Waals surface area contributed by atoms with Crippen LogP contribution in [-0.4, -0.2) is 23.8 Å². The van der Waals surface area contributed by atoms with Gasteiger partial charge in [0.25, 0.3) is 5.69 Å². The fraction of sp³-hybridized carbons (Fsp3) is 0.200. The maximum absolute atomic E-state index is 11.3. The van der Waals surface area contributed by atoms with Crippen LogP contribution in [0.25, 0.3) is 0 Å². The predicted molar refractivity (Wildman–Crippen MR) is 61.5 cm³/mol. The van der Waals surface area contributed by atoms with E-state index < -0.39 is 16.7 Å². The van der Waals surface area contributed by atoms with E-state index in [1.54, 1.807) is 0 Å². The summed E-state index contributed by atoms with van der Waals surface area (Å²) in [4.78, 5) is 32.1. The first-order valence-corrected chi connectivity index (χ1v) is 5.29. The molecule has 0 radical (unpaired) electrons. The third-order valence-electron chi connectivity index (χ3n) is 2.01. The molecule has 6 nitrogen and oxygen atoms in total. The zero-order chi connectivity index (χ0) is 13.0. The van der Waals surface area contributed by atoms with Gasteiger partial charge in [0.05, 0.1) is 12.0 Å². The van der Waals surface area contributed by atoms with Gasteiger partial charge in [-0.2, -0.15) is 0 Å². The topological polar surface area (TPSA) is 86.5 Å². The van der Waals surface area contributed by atoms with Crippen molar-refractivity contribution in [2.24, 2.45) is 0 Å². The molecule has 1 aromatic rings. The zero-order valence-electron chi connectivity index (χ0n) is 8.81. The Labute approximate surface area is 105 Å². The number of ketones is 1. The van der Waals surface area contributed by atoms with Crippen molar-refractivity contribution in [3.63, 3.8) is 0 Å². The van der Waals surface area contributed by atoms with Crippen molar-refractivity contribution in [2.45, 2.75) is 6.42 Å². The number of nitrogens with zero attached hydrogens (tertiary/aromatic N) is 1. The number of esters is 1. The normalized spacial score (nSPS) is 9.76. The minimum Gasteiger partial charge on any atom is -0.463 e. The summed E-state index contributed by atoms with van der Waals surface area (Å²) in [7, 11) is 1.12. The van der Waals surface area contributed by atoms with Crippen LogP contribution in [0.4, 0.5) is 5.69 Å². The number of carbonyl (C=O) groups excluding carboxylic acids is 2. The average Bonchev–Trinajstić information content (AvgIpc) is 2.30. The number of rotatable bonds is 4. The Morgan fingerprint density at radius 3 is 2.59 bits per heavy atom. The molecule has 0 aliphatic heterocycles. The molecule has 0 aromatic heterocycles. The van der Waals surface area contributed by atoms with E-state index in [2.05, 4.69) is 20.7 Å². The van der Waals surface area contributed by atoms with Crippen molar-refractivity contribution in [3.05, 3.63) is 38.3 Å². The van der Waals surface area contributed by atoms with Gasteiger partial charge < -0.3 is 4.74 Å². The summed E-state index contributed by atoms with van der Waals surface area (Å²) in [6.07, 6.45) is -0.161. The molecule has 0 atom stereocenters. The second-order valence-electron chi connectivity index (χ2n) is 3.12. The first-order valence-electron chi connectivity index (χ1n) is 4.49. The molecule has 7 heteroatoms. The Balaban J connectivity index is 2.90. The predicted octanol–water partition coefficient (Wildman–Crippen LogP) is 1.64. The highest BCUT2D eigenvalue weighted by molar-refractivity contribution is 9.10. The number of non-ortho nitro benzene ring substituents is 1. The molecule has 0 spiro atoms. The summed E-state index contributed by atoms with van der Waals surface area (Å²) in [5, 5.41) is 10.5. The smallest absolute Gasteiger partial charge is 0.374 e. The average molecular weight is 302 g/mol. The minimum absolute atomic E-state index is 0.0915. The van der Waals surface area contributed by atoms with E-state index in [1.165, 1.54) is 18.2 Å². The van der Waals surface area contributed by atoms with Gasteiger partial charge in [0.1, 0.15) is 0 Å². The van der Waals surface area contributed by atoms with Crippen molar-refractivity contribution in [3.8, 4) is 0 Å². The van der Waals surface area contributed by atoms with E-state index in [0.717, 1.165) is 7.11 Å². The molecule has 17 heavy (non-hydrogen) atoms. The lowest BCUT2D eigenvalue weighted by Gasteiger charge is -2.02. The number of methoxy groups -OCH3 is 1. The highest BCUT2D eigenvalue weighted by Gasteiger charge is 2.17. The van der Waals surface area contributed by atoms with Crippen molar-refractivity contribution in [2.75, 3.05) is 7.11 Å². The molecule has 0 bridgehead atoms. The Kier molecular flexibility index (Phi) is 4.33. The maximum Gasteiger partial charge on any atom is 0.374 e. The number of carbonyl (C=O) groups is 2. The molecule has 0 amide bonds. The van der Waals surface area contributed by atoms with E-state index in [1.807, 2.05) is 0 Å². The molecule has 0 heterocycles. The second kappa shape index (κ2) is 5.53. The fourth-order valence-corrected chi connectivity index (χ4v) is 1.66. The highest BCUT2D eigenvalue weighted by Crippen LogP contribution is 2.23. The van der Waals surface area contributed by atoms with Gasteiger partial charge in [0, 0.05) is 23.0 Å². The number of benzene rings is 1. The van der Waals surface area contributed by atoms with Gasteiger partial charge in [0.2, 0.25) is 5.78 Å². The van der Waals surface area contributed by atoms with Crippen molar-refractivity contribution in [1.82, 2.24) is 0 Å². The summed E-state index contributed by atoms with van der Waals surface area (Å²) in [6.45, 7) is 0. The van der Waals surface area contributed by atoms with E-state index in [0.29, 0.717) is 10.0 Å². The van der Waals surface area contributed by atoms with Crippen LogP contribution in [0.3, 0.4) is 0 Å². The quantitative estimate of drug-likeness (QED) is 0.365. The molecule has 0 saturated heterocycles. The number of hydrogen-bond acceptors (Lipinski definition) is 5. The van der Waals surface area contributed by atoms with Crippen LogP contribution in [0.1, 0.15) is 5.56 Å². The number of Topliss-reactive ketones (excluding diaryl/α,β-unsaturated/α-hetero) is 1. The van der Waals surface area contributed by atoms with Crippen LogP contribution < -0.4 is 0 Å². The monoisotopic (exact) mass is 301 g/mol. The highest BCUT2D eigenvalue weighted by atomic mass is 79.9. The molecular formula is C10H8BrNO5. The maximum atomic E-state index is 11.3. The van der Waals surface area contributed by atoms with Crippen LogP contribution in [0.5, 0.6) is 0 Å². The fourth-order valence-electron chi connectivity index (χ4n) is 1.15. The first kappa shape index (κ1) is 13.3. The summed E-state index contributed by atoms with van der Waals surface area (Å²) >= 11 is 3.11. The van der Waals surface area contributed by atoms with Crippen LogP contribution >= 0.6 is 15.9 Å². The molecule has 0 N–H and O–H groups in total. The minimum atomic E-state index is -0.935. The number of nitro benzene ring substituents is 1. The third-order valence-corrected chi connectivity index (χ3v) is 2.75. The van der Waals surface area contributed by atoms with E-state index in [4.69, 9.17) is 0 Å². The third kappa shape index (κ3) is 3.35. The molecular weight excluding hydrogens is 294 g/mol. The Hall–Kier alpha value is -1.76. The zero-order valence-corrected chi connectivity index (χ0v) is 10.4. The van der Waals surface area contributed by atoms with Gasteiger partial charge in [-0.15, -0.1) is 0 Å². The molecule has 0 unspecified atom stereocenters. The van der Waals surface area contributed by atoms with Crippen molar-refractivity contribution < 1.29 is 19.2 Å². The standard InChI is InChI=1S/C10H8BrNO5/c1-17-10(14)9(13)4-6-2-3-7(12(15)16)5-8(6)11/h2-3,5H,4H2,1H3. The van der Waals surface area contributed by atoms with Gasteiger partial charge in [-0.3, -0.25) is 14.9 Å². The van der Waals surface area contributed by atoms with Crippen LogP contribution in [0.2, 0.25) is 0 Å². The van der Waals surface area contributed by atoms with Crippen molar-refractivity contribution >= 4 is 33.4 Å². The Bertz CT molecular complexity index is 486. The second-order valence-corrected chi connectivity index (χ2v) is 3.98. The van der Waals surface area contributed by atoms with Crippen LogP contribution in [-0.2, 0) is 20.7 Å². The molecule has 0 fully saturated rings. The van der Waals surface area contributed by atoms with E-state index >= 15 is 0 Å². The summed E-state index contributed by atoms with van der Waals surface area (Å²) in [5.74, 6) is -1.64. The van der Waals surface area contributed by atoms with Crippen LogP contribution in [0.15, 0.2) is 22.7 Å². The summed E-state index contributed by atoms with van der Waals surface area (Å²) in [6, 6.07) is 3.97. The largest absolute Gasteiger partial charge is 0.463 e. The van der Waals surface area contributed by atoms with E-state index in [9.17, 15) is 19.7 Å². The number of hydrogen-bond donors (Lipinski definition) is 0. The van der Waals surface area contributed by atoms with Gasteiger partial charge in [0.15, 0.2) is 0 Å². The molecule has 0 aliphatic carbocycles. The summed E-state index contributed by atoms with van der Waals surface area (Å²) < 4.78 is 4.68. The molecule has 1 aromatic carbocycles. The van der Waals surface area contributed by atoms with Gasteiger partial charge in [-0.1, -0.05) is 22.0 Å². The lowest BCUT2D eigenvalue weighted by molar-refractivity contribution is -0.384. The molecule has 90 valence electrons. The SMILES string of the molecule is COC(=O)C(=O)Cc1ccc([N+](=O)[O-])cc1Br. The van der Waals surface area contributed by atoms with Crippen LogP contribution in [0, 0.1) is 10.1 Å². The van der Waals surface area contributed by atoms with Crippen molar-refractivity contribution in [1.29, 1.82) is 0 Å². The lowest BCUT2D eigenvalue weighted by atomic mass is 10.1. The number of nitro groups is 1. The first-order chi connectivity index (χ1) is 7.95. The summed E-state index contributed by atoms with van der Waals surface area (Å²) in [5.41, 5.74) is 0.400. The number of ether oxygens (including phenoxy) is 1. The van der Waals surface area contributed by atoms with Gasteiger partial charge >= 0.3 is 5.97 Å². The van der Waals surface area contributed by atoms with E-state index in [-0.39, 0.29) is 12.1 Å². The lowest BCUT2D eigenvalue weighted by Crippen LogP contribution is -2.17. The molecule has 0 saturated carbocycles. The van der Waals surface area contributed by atoms with Gasteiger partial charge in [-0.25, -0.2) is 4.79 Å². The van der Waals surface area contributed by atoms with Gasteiger partial charge in [-0.05, 0) is 5.56 Å². The Morgan fingerprint density at radius 1 is 1.47 bits per heavy atom.